The van der Waals surface area contributed by atoms with Gasteiger partial charge in [0.05, 0.1) is 13.7 Å². The van der Waals surface area contributed by atoms with Crippen molar-refractivity contribution in [3.05, 3.63) is 23.4 Å². The summed E-state index contributed by atoms with van der Waals surface area (Å²) in [6.45, 7) is -0.408. The normalized spacial score (nSPS) is 11.5. The molecule has 0 aliphatic heterocycles. The average molecular weight is 207 g/mol. The highest BCUT2D eigenvalue weighted by molar-refractivity contribution is 5.28. The average Bonchev–Trinajstić information content (AvgIpc) is 2.15. The van der Waals surface area contributed by atoms with Gasteiger partial charge >= 0.3 is 6.18 Å². The smallest absolute Gasteiger partial charge is 0.433 e. The molecule has 0 radical (unpaired) electrons. The number of aliphatic hydroxyl groups is 1. The fraction of sp³-hybridized carbons (Fsp3) is 0.375. The maximum absolute atomic E-state index is 12.2. The first kappa shape index (κ1) is 10.8. The van der Waals surface area contributed by atoms with Crippen LogP contribution < -0.4 is 4.74 Å². The lowest BCUT2D eigenvalue weighted by atomic mass is 10.2. The van der Waals surface area contributed by atoms with Gasteiger partial charge in [0.15, 0.2) is 0 Å². The molecule has 0 aromatic carbocycles. The molecule has 0 bridgehead atoms. The molecule has 0 spiro atoms. The van der Waals surface area contributed by atoms with Crippen LogP contribution in [0.25, 0.3) is 0 Å². The Balaban J connectivity index is 3.14. The number of hydrogen-bond acceptors (Lipinski definition) is 3. The molecule has 1 N–H and O–H groups in total. The van der Waals surface area contributed by atoms with Crippen LogP contribution in [0.1, 0.15) is 11.3 Å². The zero-order valence-electron chi connectivity index (χ0n) is 7.30. The first-order valence-electron chi connectivity index (χ1n) is 3.71. The number of hydrogen-bond donors (Lipinski definition) is 1. The highest BCUT2D eigenvalue weighted by Crippen LogP contribution is 2.29. The van der Waals surface area contributed by atoms with Crippen molar-refractivity contribution < 1.29 is 23.0 Å². The predicted octanol–water partition coefficient (Wildman–Crippen LogP) is 1.60. The van der Waals surface area contributed by atoms with E-state index in [1.807, 2.05) is 0 Å². The summed E-state index contributed by atoms with van der Waals surface area (Å²) in [4.78, 5) is 3.23. The van der Waals surface area contributed by atoms with Crippen molar-refractivity contribution in [2.24, 2.45) is 0 Å². The first-order chi connectivity index (χ1) is 6.49. The summed E-state index contributed by atoms with van der Waals surface area (Å²) in [5.41, 5.74) is -0.813. The van der Waals surface area contributed by atoms with Gasteiger partial charge in [0, 0.05) is 5.56 Å². The van der Waals surface area contributed by atoms with Gasteiger partial charge in [0.2, 0.25) is 5.88 Å². The standard InChI is InChI=1S/C8H8F3NO2/c1-14-7-5(4-13)2-3-6(12-7)8(9,10)11/h2-3,13H,4H2,1H3. The van der Waals surface area contributed by atoms with E-state index in [9.17, 15) is 13.2 Å². The van der Waals surface area contributed by atoms with Crippen molar-refractivity contribution in [3.63, 3.8) is 0 Å². The van der Waals surface area contributed by atoms with Crippen molar-refractivity contribution in [1.29, 1.82) is 0 Å². The highest BCUT2D eigenvalue weighted by Gasteiger charge is 2.33. The summed E-state index contributed by atoms with van der Waals surface area (Å²) >= 11 is 0. The Kier molecular flexibility index (Phi) is 2.95. The molecule has 6 heteroatoms. The number of nitrogens with zero attached hydrogens (tertiary/aromatic N) is 1. The molecule has 0 atom stereocenters. The van der Waals surface area contributed by atoms with Gasteiger partial charge in [-0.2, -0.15) is 13.2 Å². The van der Waals surface area contributed by atoms with Gasteiger partial charge in [-0.05, 0) is 12.1 Å². The van der Waals surface area contributed by atoms with Crippen LogP contribution in [0.3, 0.4) is 0 Å². The Labute approximate surface area is 78.2 Å². The number of pyridine rings is 1. The summed E-state index contributed by atoms with van der Waals surface area (Å²) < 4.78 is 41.1. The number of ether oxygens (including phenoxy) is 1. The Morgan fingerprint density at radius 3 is 2.50 bits per heavy atom. The molecule has 0 saturated heterocycles. The van der Waals surface area contributed by atoms with Crippen LogP contribution in [0.15, 0.2) is 12.1 Å². The fourth-order valence-corrected chi connectivity index (χ4v) is 0.924. The van der Waals surface area contributed by atoms with Crippen LogP contribution in [0.2, 0.25) is 0 Å². The minimum Gasteiger partial charge on any atom is -0.481 e. The van der Waals surface area contributed by atoms with Crippen LogP contribution in [0.5, 0.6) is 5.88 Å². The SMILES string of the molecule is COc1nc(C(F)(F)F)ccc1CO. The van der Waals surface area contributed by atoms with E-state index in [0.717, 1.165) is 12.1 Å². The Hall–Kier alpha value is -1.30. The summed E-state index contributed by atoms with van der Waals surface area (Å²) in [6, 6.07) is 1.93. The zero-order valence-corrected chi connectivity index (χ0v) is 7.30. The van der Waals surface area contributed by atoms with Crippen molar-refractivity contribution in [1.82, 2.24) is 4.98 Å². The summed E-state index contributed by atoms with van der Waals surface area (Å²) in [5, 5.41) is 8.74. The molecule has 3 nitrogen and oxygen atoms in total. The quantitative estimate of drug-likeness (QED) is 0.800. The monoisotopic (exact) mass is 207 g/mol. The molecule has 1 aromatic heterocycles. The van der Waals surface area contributed by atoms with Crippen molar-refractivity contribution in [3.8, 4) is 5.88 Å². The van der Waals surface area contributed by atoms with Crippen LogP contribution in [0, 0.1) is 0 Å². The lowest BCUT2D eigenvalue weighted by Crippen LogP contribution is -2.09. The number of aliphatic hydroxyl groups excluding tert-OH is 1. The predicted molar refractivity (Wildman–Crippen MR) is 41.7 cm³/mol. The van der Waals surface area contributed by atoms with Gasteiger partial charge < -0.3 is 9.84 Å². The van der Waals surface area contributed by atoms with Gasteiger partial charge in [-0.3, -0.25) is 0 Å². The van der Waals surface area contributed by atoms with E-state index in [2.05, 4.69) is 9.72 Å². The first-order valence-corrected chi connectivity index (χ1v) is 3.71. The largest absolute Gasteiger partial charge is 0.481 e. The highest BCUT2D eigenvalue weighted by atomic mass is 19.4. The molecule has 0 aliphatic rings. The van der Waals surface area contributed by atoms with E-state index >= 15 is 0 Å². The van der Waals surface area contributed by atoms with E-state index in [0.29, 0.717) is 0 Å². The molecule has 1 aromatic rings. The van der Waals surface area contributed by atoms with Crippen LogP contribution >= 0.6 is 0 Å². The third-order valence-corrected chi connectivity index (χ3v) is 1.59. The molecule has 0 aliphatic carbocycles. The minimum absolute atomic E-state index is 0.206. The Bertz CT molecular complexity index is 325. The lowest BCUT2D eigenvalue weighted by Gasteiger charge is -2.09. The molecule has 78 valence electrons. The lowest BCUT2D eigenvalue weighted by molar-refractivity contribution is -0.141. The zero-order chi connectivity index (χ0) is 10.8. The maximum atomic E-state index is 12.2. The topological polar surface area (TPSA) is 42.4 Å². The summed E-state index contributed by atoms with van der Waals surface area (Å²) in [7, 11) is 1.20. The Morgan fingerprint density at radius 2 is 2.07 bits per heavy atom. The minimum atomic E-state index is -4.50. The van der Waals surface area contributed by atoms with E-state index in [-0.39, 0.29) is 11.4 Å². The second kappa shape index (κ2) is 3.83. The third kappa shape index (κ3) is 2.14. The van der Waals surface area contributed by atoms with E-state index in [4.69, 9.17) is 5.11 Å². The van der Waals surface area contributed by atoms with Crippen molar-refractivity contribution >= 4 is 0 Å². The van der Waals surface area contributed by atoms with Gasteiger partial charge in [0.25, 0.3) is 0 Å². The molecule has 0 fully saturated rings. The molecule has 0 unspecified atom stereocenters. The van der Waals surface area contributed by atoms with Crippen LogP contribution in [0.4, 0.5) is 13.2 Å². The second-order valence-electron chi connectivity index (χ2n) is 2.52. The Morgan fingerprint density at radius 1 is 1.43 bits per heavy atom. The van der Waals surface area contributed by atoms with E-state index < -0.39 is 18.5 Å². The molecule has 0 amide bonds. The third-order valence-electron chi connectivity index (χ3n) is 1.59. The van der Waals surface area contributed by atoms with Gasteiger partial charge in [-0.25, -0.2) is 4.98 Å². The van der Waals surface area contributed by atoms with Gasteiger partial charge in [-0.1, -0.05) is 0 Å². The molecule has 1 rings (SSSR count). The molecular weight excluding hydrogens is 199 g/mol. The number of aromatic nitrogens is 1. The van der Waals surface area contributed by atoms with Crippen LogP contribution in [-0.4, -0.2) is 17.2 Å². The van der Waals surface area contributed by atoms with Gasteiger partial charge in [0.1, 0.15) is 5.69 Å². The molecule has 0 saturated carbocycles. The molecular formula is C8H8F3NO2. The second-order valence-corrected chi connectivity index (χ2v) is 2.52. The number of rotatable bonds is 2. The van der Waals surface area contributed by atoms with Crippen molar-refractivity contribution in [2.45, 2.75) is 12.8 Å². The maximum Gasteiger partial charge on any atom is 0.433 e. The molecule has 14 heavy (non-hydrogen) atoms. The number of methoxy groups -OCH3 is 1. The van der Waals surface area contributed by atoms with Gasteiger partial charge in [-0.15, -0.1) is 0 Å². The fourth-order valence-electron chi connectivity index (χ4n) is 0.924. The number of alkyl halides is 3. The van der Waals surface area contributed by atoms with Crippen LogP contribution in [-0.2, 0) is 12.8 Å². The molecule has 1 heterocycles. The van der Waals surface area contributed by atoms with E-state index in [1.165, 1.54) is 7.11 Å². The van der Waals surface area contributed by atoms with Crippen molar-refractivity contribution in [2.75, 3.05) is 7.11 Å². The number of halogens is 3. The van der Waals surface area contributed by atoms with E-state index in [1.54, 1.807) is 0 Å². The summed E-state index contributed by atoms with van der Waals surface area (Å²) in [5.74, 6) is -0.206. The summed E-state index contributed by atoms with van der Waals surface area (Å²) in [6.07, 6.45) is -4.50.